The Bertz CT molecular complexity index is 752. The van der Waals surface area contributed by atoms with Crippen molar-refractivity contribution in [3.05, 3.63) is 47.7 Å². The number of hydrogen-bond acceptors (Lipinski definition) is 4. The molecular formula is C20H25NO3. The Labute approximate surface area is 143 Å². The predicted molar refractivity (Wildman–Crippen MR) is 96.7 cm³/mol. The molecule has 1 aromatic carbocycles. The van der Waals surface area contributed by atoms with Gasteiger partial charge in [-0.3, -0.25) is 9.78 Å². The molecule has 0 bridgehead atoms. The van der Waals surface area contributed by atoms with Crippen LogP contribution in [0.25, 0.3) is 17.0 Å². The number of ketones is 1. The molecule has 128 valence electrons. The normalized spacial score (nSPS) is 15.5. The minimum atomic E-state index is -0.594. The van der Waals surface area contributed by atoms with E-state index in [2.05, 4.69) is 4.98 Å². The van der Waals surface area contributed by atoms with Crippen LogP contribution in [-0.2, 0) is 9.53 Å². The molecule has 2 aromatic rings. The van der Waals surface area contributed by atoms with Gasteiger partial charge in [-0.1, -0.05) is 30.4 Å². The molecule has 24 heavy (non-hydrogen) atoms. The van der Waals surface area contributed by atoms with Crippen LogP contribution in [0.3, 0.4) is 0 Å². The minimum absolute atomic E-state index is 0.117. The first-order valence-corrected chi connectivity index (χ1v) is 8.14. The van der Waals surface area contributed by atoms with E-state index in [0.717, 1.165) is 16.5 Å². The molecule has 0 amide bonds. The van der Waals surface area contributed by atoms with E-state index in [1.54, 1.807) is 21.0 Å². The van der Waals surface area contributed by atoms with Crippen LogP contribution in [0.4, 0.5) is 0 Å². The van der Waals surface area contributed by atoms with E-state index in [1.807, 2.05) is 49.4 Å². The maximum Gasteiger partial charge on any atom is 0.139 e. The number of aliphatic hydroxyl groups is 1. The van der Waals surface area contributed by atoms with E-state index in [0.29, 0.717) is 18.7 Å². The van der Waals surface area contributed by atoms with Crippen LogP contribution in [-0.4, -0.2) is 29.6 Å². The molecule has 1 heterocycles. The molecule has 0 saturated heterocycles. The van der Waals surface area contributed by atoms with Gasteiger partial charge in [0.2, 0.25) is 0 Å². The first-order valence-electron chi connectivity index (χ1n) is 8.14. The van der Waals surface area contributed by atoms with Gasteiger partial charge >= 0.3 is 0 Å². The summed E-state index contributed by atoms with van der Waals surface area (Å²) >= 11 is 0. The van der Waals surface area contributed by atoms with E-state index in [-0.39, 0.29) is 5.78 Å². The second-order valence-electron chi connectivity index (χ2n) is 6.41. The average Bonchev–Trinajstić information content (AvgIpc) is 2.57. The Balaban J connectivity index is 2.32. The summed E-state index contributed by atoms with van der Waals surface area (Å²) in [4.78, 5) is 16.5. The fraction of sp³-hybridized carbons (Fsp3) is 0.400. The molecule has 1 aromatic heterocycles. The van der Waals surface area contributed by atoms with Gasteiger partial charge in [0.15, 0.2) is 0 Å². The summed E-state index contributed by atoms with van der Waals surface area (Å²) in [5.74, 6) is 0.117. The number of ether oxygens (including phenoxy) is 1. The van der Waals surface area contributed by atoms with Crippen molar-refractivity contribution < 1.29 is 14.6 Å². The maximum atomic E-state index is 12.0. The van der Waals surface area contributed by atoms with E-state index in [1.165, 1.54) is 0 Å². The summed E-state index contributed by atoms with van der Waals surface area (Å²) < 4.78 is 5.11. The third kappa shape index (κ3) is 4.28. The van der Waals surface area contributed by atoms with Crippen LogP contribution >= 0.6 is 0 Å². The van der Waals surface area contributed by atoms with E-state index in [9.17, 15) is 9.90 Å². The number of allylic oxidation sites excluding steroid dienone is 1. The molecule has 0 spiro atoms. The molecular weight excluding hydrogens is 302 g/mol. The predicted octanol–water partition coefficient (Wildman–Crippen LogP) is 3.93. The van der Waals surface area contributed by atoms with Gasteiger partial charge in [-0.15, -0.1) is 0 Å². The van der Waals surface area contributed by atoms with Crippen LogP contribution in [0.5, 0.6) is 0 Å². The molecule has 4 nitrogen and oxygen atoms in total. The van der Waals surface area contributed by atoms with Crippen molar-refractivity contribution in [2.45, 2.75) is 33.3 Å². The Hall–Kier alpha value is -2.04. The van der Waals surface area contributed by atoms with Gasteiger partial charge < -0.3 is 9.84 Å². The highest BCUT2D eigenvalue weighted by molar-refractivity contribution is 5.86. The summed E-state index contributed by atoms with van der Waals surface area (Å²) in [7, 11) is 1.64. The standard InChI is InChI=1S/C20H25NO3/c1-14(22)18-8-7-17-6-5-16(13-19(17)21-18)9-10-20(3,15(2)23)11-12-24-4/h5-10,13-14,22H,11-12H2,1-4H3. The second-order valence-corrected chi connectivity index (χ2v) is 6.41. The first kappa shape index (κ1) is 18.3. The monoisotopic (exact) mass is 327 g/mol. The Morgan fingerprint density at radius 1 is 1.38 bits per heavy atom. The minimum Gasteiger partial charge on any atom is -0.387 e. The van der Waals surface area contributed by atoms with Crippen LogP contribution in [0.15, 0.2) is 36.4 Å². The molecule has 2 unspecified atom stereocenters. The summed E-state index contributed by atoms with van der Waals surface area (Å²) in [5.41, 5.74) is 1.91. The number of rotatable bonds is 7. The summed E-state index contributed by atoms with van der Waals surface area (Å²) in [6, 6.07) is 9.75. The molecule has 0 aliphatic heterocycles. The lowest BCUT2D eigenvalue weighted by Gasteiger charge is -2.22. The summed E-state index contributed by atoms with van der Waals surface area (Å²) in [6.07, 6.45) is 3.94. The molecule has 0 aliphatic carbocycles. The summed E-state index contributed by atoms with van der Waals surface area (Å²) in [6.45, 7) is 5.77. The number of pyridine rings is 1. The number of aliphatic hydroxyl groups excluding tert-OH is 1. The number of carbonyl (C=O) groups is 1. The lowest BCUT2D eigenvalue weighted by molar-refractivity contribution is -0.124. The number of Topliss-reactive ketones (excluding diaryl/α,β-unsaturated/α-hetero) is 1. The SMILES string of the molecule is COCCC(C)(C=Cc1ccc2ccc(C(C)O)nc2c1)C(C)=O. The zero-order valence-corrected chi connectivity index (χ0v) is 14.7. The van der Waals surface area contributed by atoms with Crippen molar-refractivity contribution in [2.75, 3.05) is 13.7 Å². The average molecular weight is 327 g/mol. The van der Waals surface area contributed by atoms with Gasteiger partial charge in [0.05, 0.1) is 17.3 Å². The third-order valence-electron chi connectivity index (χ3n) is 4.44. The number of aromatic nitrogens is 1. The number of methoxy groups -OCH3 is 1. The molecule has 1 N–H and O–H groups in total. The van der Waals surface area contributed by atoms with Gasteiger partial charge in [-0.25, -0.2) is 0 Å². The zero-order chi connectivity index (χ0) is 17.7. The molecule has 0 saturated carbocycles. The van der Waals surface area contributed by atoms with Gasteiger partial charge in [0.25, 0.3) is 0 Å². The number of carbonyl (C=O) groups excluding carboxylic acids is 1. The third-order valence-corrected chi connectivity index (χ3v) is 4.44. The highest BCUT2D eigenvalue weighted by atomic mass is 16.5. The fourth-order valence-electron chi connectivity index (χ4n) is 2.46. The molecule has 2 atom stereocenters. The smallest absolute Gasteiger partial charge is 0.139 e. The van der Waals surface area contributed by atoms with Gasteiger partial charge in [0.1, 0.15) is 5.78 Å². The Morgan fingerprint density at radius 3 is 2.71 bits per heavy atom. The number of benzene rings is 1. The molecule has 0 aliphatic rings. The highest BCUT2D eigenvalue weighted by Crippen LogP contribution is 2.26. The number of nitrogens with zero attached hydrogens (tertiary/aromatic N) is 1. The van der Waals surface area contributed by atoms with Crippen molar-refractivity contribution in [1.82, 2.24) is 4.98 Å². The van der Waals surface area contributed by atoms with Crippen LogP contribution in [0.1, 0.15) is 44.6 Å². The molecule has 2 rings (SSSR count). The van der Waals surface area contributed by atoms with Gasteiger partial charge in [0, 0.05) is 24.5 Å². The second kappa shape index (κ2) is 7.69. The largest absolute Gasteiger partial charge is 0.387 e. The van der Waals surface area contributed by atoms with Crippen molar-refractivity contribution in [3.63, 3.8) is 0 Å². The van der Waals surface area contributed by atoms with Crippen molar-refractivity contribution in [2.24, 2.45) is 5.41 Å². The van der Waals surface area contributed by atoms with Crippen LogP contribution < -0.4 is 0 Å². The molecule has 4 heteroatoms. The van der Waals surface area contributed by atoms with Crippen molar-refractivity contribution >= 4 is 22.8 Å². The summed E-state index contributed by atoms with van der Waals surface area (Å²) in [5, 5.41) is 10.7. The van der Waals surface area contributed by atoms with Gasteiger partial charge in [-0.2, -0.15) is 0 Å². The lowest BCUT2D eigenvalue weighted by Crippen LogP contribution is -2.24. The molecule has 0 radical (unpaired) electrons. The molecule has 0 fully saturated rings. The van der Waals surface area contributed by atoms with Crippen molar-refractivity contribution in [1.29, 1.82) is 0 Å². The highest BCUT2D eigenvalue weighted by Gasteiger charge is 2.26. The Morgan fingerprint density at radius 2 is 2.08 bits per heavy atom. The van der Waals surface area contributed by atoms with Crippen LogP contribution in [0.2, 0.25) is 0 Å². The van der Waals surface area contributed by atoms with E-state index < -0.39 is 11.5 Å². The number of hydrogen-bond donors (Lipinski definition) is 1. The topological polar surface area (TPSA) is 59.4 Å². The van der Waals surface area contributed by atoms with Crippen LogP contribution in [0, 0.1) is 5.41 Å². The first-order chi connectivity index (χ1) is 11.4. The van der Waals surface area contributed by atoms with E-state index in [4.69, 9.17) is 4.74 Å². The lowest BCUT2D eigenvalue weighted by atomic mass is 9.82. The van der Waals surface area contributed by atoms with Crippen molar-refractivity contribution in [3.8, 4) is 0 Å². The van der Waals surface area contributed by atoms with Gasteiger partial charge in [-0.05, 0) is 44.9 Å². The zero-order valence-electron chi connectivity index (χ0n) is 14.7. The number of fused-ring (bicyclic) bond motifs is 1. The fourth-order valence-corrected chi connectivity index (χ4v) is 2.46. The van der Waals surface area contributed by atoms with E-state index >= 15 is 0 Å². The maximum absolute atomic E-state index is 12.0. The Kier molecular flexibility index (Phi) is 5.86. The quantitative estimate of drug-likeness (QED) is 0.837.